The van der Waals surface area contributed by atoms with Crippen molar-refractivity contribution in [3.8, 4) is 0 Å². The molecule has 0 saturated carbocycles. The van der Waals surface area contributed by atoms with Gasteiger partial charge >= 0.3 is 0 Å². The Morgan fingerprint density at radius 2 is 1.81 bits per heavy atom. The number of aliphatic hydroxyl groups is 1. The van der Waals surface area contributed by atoms with Crippen molar-refractivity contribution in [1.29, 1.82) is 0 Å². The maximum absolute atomic E-state index is 12.8. The van der Waals surface area contributed by atoms with Crippen molar-refractivity contribution in [3.05, 3.63) is 40.6 Å². The second-order valence-electron chi connectivity index (χ2n) is 8.61. The molecule has 31 heavy (non-hydrogen) atoms. The fourth-order valence-electron chi connectivity index (χ4n) is 4.91. The Hall–Kier alpha value is -2.43. The molecule has 1 saturated heterocycles. The molecule has 1 aliphatic heterocycles. The number of fused-ring (bicyclic) bond motifs is 2. The molecular formula is C21H27N5O4S. The molecule has 0 radical (unpaired) electrons. The Kier molecular flexibility index (Phi) is 5.03. The van der Waals surface area contributed by atoms with E-state index in [1.807, 2.05) is 0 Å². The summed E-state index contributed by atoms with van der Waals surface area (Å²) in [6.45, 7) is 2.53. The van der Waals surface area contributed by atoms with Crippen LogP contribution in [0.25, 0.3) is 0 Å². The topological polar surface area (TPSA) is 117 Å². The number of hydrogen-bond acceptors (Lipinski definition) is 6. The van der Waals surface area contributed by atoms with E-state index < -0.39 is 16.4 Å². The summed E-state index contributed by atoms with van der Waals surface area (Å²) >= 11 is 0. The molecule has 166 valence electrons. The predicted octanol–water partition coefficient (Wildman–Crippen LogP) is 0.930. The fourth-order valence-corrected chi connectivity index (χ4v) is 5.83. The highest BCUT2D eigenvalue weighted by Gasteiger charge is 2.32. The van der Waals surface area contributed by atoms with E-state index in [0.29, 0.717) is 13.1 Å². The van der Waals surface area contributed by atoms with Gasteiger partial charge in [-0.3, -0.25) is 9.48 Å². The number of anilines is 1. The molecule has 9 nitrogen and oxygen atoms in total. The smallest absolute Gasteiger partial charge is 0.263 e. The van der Waals surface area contributed by atoms with E-state index in [2.05, 4.69) is 21.2 Å². The molecule has 0 spiro atoms. The SMILES string of the molecule is CC(=O)N1CC(n2ccc(S(=O)(=O)NC(O)Nc3c4c(cc5c3CCC5)CCC4)n2)C1. The summed E-state index contributed by atoms with van der Waals surface area (Å²) in [5.41, 5.74) is 5.89. The number of sulfonamides is 1. The lowest BCUT2D eigenvalue weighted by atomic mass is 9.99. The molecule has 5 rings (SSSR count). The standard InChI is InChI=1S/C21H27N5O4S/c1-13(27)25-11-16(12-25)26-9-8-19(23-26)31(29,30)24-21(28)22-20-17-6-2-4-14(17)10-15-5-3-7-18(15)20/h8-10,16,21-22,24,28H,2-7,11-12H2,1H3. The van der Waals surface area contributed by atoms with Gasteiger partial charge in [-0.1, -0.05) is 6.07 Å². The van der Waals surface area contributed by atoms with Crippen molar-refractivity contribution in [2.45, 2.75) is 62.9 Å². The number of benzene rings is 1. The average Bonchev–Trinajstić information content (AvgIpc) is 3.39. The van der Waals surface area contributed by atoms with E-state index in [-0.39, 0.29) is 17.0 Å². The van der Waals surface area contributed by atoms with Gasteiger partial charge in [0, 0.05) is 31.9 Å². The van der Waals surface area contributed by atoms with Crippen LogP contribution < -0.4 is 10.0 Å². The molecule has 1 amide bonds. The van der Waals surface area contributed by atoms with Crippen LogP contribution in [0, 0.1) is 0 Å². The first-order valence-corrected chi connectivity index (χ1v) is 12.2. The molecule has 10 heteroatoms. The summed E-state index contributed by atoms with van der Waals surface area (Å²) in [4.78, 5) is 13.0. The van der Waals surface area contributed by atoms with Crippen LogP contribution in [-0.2, 0) is 40.5 Å². The minimum Gasteiger partial charge on any atom is -0.360 e. The van der Waals surface area contributed by atoms with Gasteiger partial charge < -0.3 is 15.3 Å². The van der Waals surface area contributed by atoms with Crippen molar-refractivity contribution >= 4 is 21.6 Å². The Morgan fingerprint density at radius 1 is 1.16 bits per heavy atom. The molecule has 2 aliphatic carbocycles. The van der Waals surface area contributed by atoms with Crippen LogP contribution >= 0.6 is 0 Å². The third kappa shape index (κ3) is 3.72. The highest BCUT2D eigenvalue weighted by molar-refractivity contribution is 7.89. The van der Waals surface area contributed by atoms with Gasteiger partial charge in [0.05, 0.1) is 6.04 Å². The molecule has 3 N–H and O–H groups in total. The van der Waals surface area contributed by atoms with Crippen LogP contribution in [0.3, 0.4) is 0 Å². The van der Waals surface area contributed by atoms with Gasteiger partial charge in [0.25, 0.3) is 10.0 Å². The Balaban J connectivity index is 1.29. The number of nitrogens with one attached hydrogen (secondary N) is 2. The molecule has 1 aromatic heterocycles. The summed E-state index contributed by atoms with van der Waals surface area (Å²) in [6, 6.07) is 3.65. The zero-order valence-electron chi connectivity index (χ0n) is 17.5. The fraction of sp³-hybridized carbons (Fsp3) is 0.524. The number of aromatic nitrogens is 2. The number of nitrogens with zero attached hydrogens (tertiary/aromatic N) is 3. The molecule has 1 unspecified atom stereocenters. The summed E-state index contributed by atoms with van der Waals surface area (Å²) in [5.74, 6) is -0.00834. The van der Waals surface area contributed by atoms with E-state index in [1.165, 1.54) is 35.2 Å². The van der Waals surface area contributed by atoms with Crippen LogP contribution in [0.2, 0.25) is 0 Å². The van der Waals surface area contributed by atoms with Crippen LogP contribution in [0.5, 0.6) is 0 Å². The number of carbonyl (C=O) groups excluding carboxylic acids is 1. The lowest BCUT2D eigenvalue weighted by molar-refractivity contribution is -0.134. The number of likely N-dealkylation sites (tertiary alicyclic amines) is 1. The van der Waals surface area contributed by atoms with E-state index in [0.717, 1.165) is 44.2 Å². The Bertz CT molecular complexity index is 1100. The minimum atomic E-state index is -4.01. The predicted molar refractivity (Wildman–Crippen MR) is 114 cm³/mol. The maximum atomic E-state index is 12.8. The number of rotatable bonds is 6. The van der Waals surface area contributed by atoms with Gasteiger partial charge in [-0.25, -0.2) is 8.42 Å². The van der Waals surface area contributed by atoms with Gasteiger partial charge in [-0.2, -0.15) is 9.82 Å². The molecule has 3 aliphatic rings. The third-order valence-electron chi connectivity index (χ3n) is 6.56. The first kappa shape index (κ1) is 20.5. The van der Waals surface area contributed by atoms with Gasteiger partial charge in [0.15, 0.2) is 11.4 Å². The molecule has 2 aromatic rings. The first-order valence-electron chi connectivity index (χ1n) is 10.8. The second-order valence-corrected chi connectivity index (χ2v) is 10.3. The summed E-state index contributed by atoms with van der Waals surface area (Å²) < 4.78 is 29.4. The quantitative estimate of drug-likeness (QED) is 0.570. The zero-order chi connectivity index (χ0) is 21.8. The number of aryl methyl sites for hydroxylation is 2. The van der Waals surface area contributed by atoms with Crippen LogP contribution in [0.1, 0.15) is 48.1 Å². The van der Waals surface area contributed by atoms with Gasteiger partial charge in [-0.15, -0.1) is 0 Å². The Morgan fingerprint density at radius 3 is 2.42 bits per heavy atom. The van der Waals surface area contributed by atoms with Crippen molar-refractivity contribution < 1.29 is 18.3 Å². The van der Waals surface area contributed by atoms with E-state index in [9.17, 15) is 18.3 Å². The molecule has 1 atom stereocenters. The van der Waals surface area contributed by atoms with Crippen LogP contribution in [0.15, 0.2) is 23.4 Å². The van der Waals surface area contributed by atoms with E-state index in [1.54, 1.807) is 15.8 Å². The van der Waals surface area contributed by atoms with Crippen molar-refractivity contribution in [3.63, 3.8) is 0 Å². The van der Waals surface area contributed by atoms with E-state index in [4.69, 9.17) is 0 Å². The summed E-state index contributed by atoms with van der Waals surface area (Å²) in [7, 11) is -4.01. The van der Waals surface area contributed by atoms with Crippen LogP contribution in [-0.4, -0.2) is 53.6 Å². The zero-order valence-corrected chi connectivity index (χ0v) is 18.3. The van der Waals surface area contributed by atoms with Gasteiger partial charge in [0.1, 0.15) is 0 Å². The van der Waals surface area contributed by atoms with Crippen molar-refractivity contribution in [1.82, 2.24) is 19.4 Å². The molecule has 1 aromatic carbocycles. The first-order chi connectivity index (χ1) is 14.8. The number of amides is 1. The molecular weight excluding hydrogens is 418 g/mol. The largest absolute Gasteiger partial charge is 0.360 e. The van der Waals surface area contributed by atoms with E-state index >= 15 is 0 Å². The number of aliphatic hydroxyl groups excluding tert-OH is 1. The number of hydrogen-bond donors (Lipinski definition) is 3. The summed E-state index contributed by atoms with van der Waals surface area (Å²) in [5, 5.41) is 17.6. The van der Waals surface area contributed by atoms with Crippen molar-refractivity contribution in [2.24, 2.45) is 0 Å². The van der Waals surface area contributed by atoms with Gasteiger partial charge in [-0.05, 0) is 66.8 Å². The highest BCUT2D eigenvalue weighted by Crippen LogP contribution is 2.38. The average molecular weight is 446 g/mol. The number of carbonyl (C=O) groups is 1. The Labute approximate surface area is 181 Å². The normalized spacial score (nSPS) is 19.1. The minimum absolute atomic E-state index is 0.00834. The maximum Gasteiger partial charge on any atom is 0.263 e. The lowest BCUT2D eigenvalue weighted by Gasteiger charge is -2.38. The molecule has 2 heterocycles. The lowest BCUT2D eigenvalue weighted by Crippen LogP contribution is -2.50. The molecule has 0 bridgehead atoms. The second kappa shape index (κ2) is 7.61. The highest BCUT2D eigenvalue weighted by atomic mass is 32.2. The van der Waals surface area contributed by atoms with Crippen molar-refractivity contribution in [2.75, 3.05) is 18.4 Å². The monoisotopic (exact) mass is 445 g/mol. The third-order valence-corrected chi connectivity index (χ3v) is 7.86. The van der Waals surface area contributed by atoms with Gasteiger partial charge in [0.2, 0.25) is 5.91 Å². The summed E-state index contributed by atoms with van der Waals surface area (Å²) in [6.07, 6.45) is 6.22. The molecule has 1 fully saturated rings. The van der Waals surface area contributed by atoms with Crippen LogP contribution in [0.4, 0.5) is 5.69 Å².